The number of rotatable bonds is 28. The molecule has 0 aliphatic carbocycles. The van der Waals surface area contributed by atoms with Gasteiger partial charge in [0.15, 0.2) is 16.6 Å². The van der Waals surface area contributed by atoms with Crippen LogP contribution >= 0.6 is 0 Å². The van der Waals surface area contributed by atoms with Crippen LogP contribution in [-0.4, -0.2) is 77.2 Å². The molecule has 0 saturated carbocycles. The van der Waals surface area contributed by atoms with Crippen LogP contribution in [0.1, 0.15) is 90.9 Å². The maximum atomic E-state index is 13.7. The molecule has 46 heavy (non-hydrogen) atoms. The Balaban J connectivity index is 6.50. The second-order valence-electron chi connectivity index (χ2n) is 16.1. The first-order valence-corrected chi connectivity index (χ1v) is 35.6. The summed E-state index contributed by atoms with van der Waals surface area (Å²) in [5.74, 6) is -0.247. The van der Waals surface area contributed by atoms with Crippen molar-refractivity contribution >= 4 is 56.8 Å². The van der Waals surface area contributed by atoms with Crippen LogP contribution in [0, 0.1) is 0 Å². The zero-order valence-electron chi connectivity index (χ0n) is 32.9. The second-order valence-corrected chi connectivity index (χ2v) is 39.7. The average Bonchev–Trinajstić information content (AvgIpc) is 2.85. The minimum absolute atomic E-state index is 0.247. The number of ether oxygens (including phenoxy) is 2. The molecular weight excluding hydrogens is 681 g/mol. The van der Waals surface area contributed by atoms with E-state index in [4.69, 9.17) is 30.0 Å². The van der Waals surface area contributed by atoms with Gasteiger partial charge < -0.3 is 30.0 Å². The van der Waals surface area contributed by atoms with E-state index in [1.54, 1.807) is 0 Å². The highest BCUT2D eigenvalue weighted by atomic mass is 28.5. The molecule has 0 aromatic rings. The molecular formula is C32H76O8Si6. The van der Waals surface area contributed by atoms with Gasteiger partial charge in [0.05, 0.1) is 12.7 Å². The summed E-state index contributed by atoms with van der Waals surface area (Å²) in [7, 11) is -13.9. The summed E-state index contributed by atoms with van der Waals surface area (Å²) in [6.07, 6.45) is 13.2. The molecule has 3 unspecified atom stereocenters. The Morgan fingerprint density at radius 1 is 0.543 bits per heavy atom. The first-order chi connectivity index (χ1) is 21.0. The van der Waals surface area contributed by atoms with E-state index in [0.29, 0.717) is 13.0 Å². The number of carbonyl (C=O) groups excluding carboxylic acids is 1. The summed E-state index contributed by atoms with van der Waals surface area (Å²) in [6.45, 7) is 31.7. The highest BCUT2D eigenvalue weighted by Gasteiger charge is 2.56. The Labute approximate surface area is 292 Å². The van der Waals surface area contributed by atoms with Crippen molar-refractivity contribution in [1.82, 2.24) is 0 Å². The zero-order valence-corrected chi connectivity index (χ0v) is 38.9. The van der Waals surface area contributed by atoms with Crippen LogP contribution in [0.4, 0.5) is 0 Å². The molecule has 0 aromatic heterocycles. The third kappa shape index (κ3) is 22.3. The lowest BCUT2D eigenvalue weighted by molar-refractivity contribution is -0.141. The molecule has 0 radical (unpaired) electrons. The van der Waals surface area contributed by atoms with E-state index in [9.17, 15) is 4.79 Å². The summed E-state index contributed by atoms with van der Waals surface area (Å²) >= 11 is 0. The molecule has 0 saturated heterocycles. The Morgan fingerprint density at radius 2 is 1.00 bits per heavy atom. The predicted molar refractivity (Wildman–Crippen MR) is 208 cm³/mol. The van der Waals surface area contributed by atoms with Crippen molar-refractivity contribution in [2.75, 3.05) is 20.3 Å². The van der Waals surface area contributed by atoms with E-state index < -0.39 is 56.4 Å². The molecule has 0 aliphatic heterocycles. The van der Waals surface area contributed by atoms with Gasteiger partial charge in [-0.05, 0) is 104 Å². The molecule has 0 bridgehead atoms. The minimum atomic E-state index is -3.30. The fourth-order valence-corrected chi connectivity index (χ4v) is 35.8. The van der Waals surface area contributed by atoms with E-state index in [-0.39, 0.29) is 5.97 Å². The van der Waals surface area contributed by atoms with Crippen molar-refractivity contribution in [3.8, 4) is 0 Å². The lowest BCUT2D eigenvalue weighted by Crippen LogP contribution is -2.64. The Kier molecular flexibility index (Phi) is 21.9. The summed E-state index contributed by atoms with van der Waals surface area (Å²) < 4.78 is 46.5. The van der Waals surface area contributed by atoms with E-state index in [0.717, 1.165) is 38.3 Å². The van der Waals surface area contributed by atoms with Crippen molar-refractivity contribution in [3.05, 3.63) is 0 Å². The maximum Gasteiger partial charge on any atom is 0.331 e. The van der Waals surface area contributed by atoms with Crippen LogP contribution in [0.3, 0.4) is 0 Å². The molecule has 8 nitrogen and oxygen atoms in total. The van der Waals surface area contributed by atoms with E-state index in [1.165, 1.54) is 52.1 Å². The summed E-state index contributed by atoms with van der Waals surface area (Å²) in [5.41, 5.74) is -0.478. The van der Waals surface area contributed by atoms with Crippen molar-refractivity contribution in [1.29, 1.82) is 0 Å². The minimum Gasteiger partial charge on any atom is -0.469 e. The van der Waals surface area contributed by atoms with Gasteiger partial charge in [-0.25, -0.2) is 0 Å². The van der Waals surface area contributed by atoms with E-state index in [2.05, 4.69) is 92.4 Å². The smallest absolute Gasteiger partial charge is 0.331 e. The van der Waals surface area contributed by atoms with Gasteiger partial charge in [-0.2, -0.15) is 0 Å². The number of unbranched alkanes of at least 4 members (excludes halogenated alkanes) is 8. The Bertz CT molecular complexity index is 836. The fraction of sp³-hybridized carbons (Fsp3) is 0.969. The van der Waals surface area contributed by atoms with Gasteiger partial charge in [-0.1, -0.05) is 71.6 Å². The molecule has 0 heterocycles. The van der Waals surface area contributed by atoms with Crippen LogP contribution in [0.2, 0.25) is 90.1 Å². The predicted octanol–water partition coefficient (Wildman–Crippen LogP) is 10.6. The largest absolute Gasteiger partial charge is 0.469 e. The van der Waals surface area contributed by atoms with Crippen LogP contribution in [0.5, 0.6) is 0 Å². The molecule has 0 rings (SSSR count). The molecule has 3 atom stereocenters. The van der Waals surface area contributed by atoms with Gasteiger partial charge in [-0.15, -0.1) is 0 Å². The maximum absolute atomic E-state index is 13.7. The van der Waals surface area contributed by atoms with Gasteiger partial charge in [-0.3, -0.25) is 4.79 Å². The van der Waals surface area contributed by atoms with Gasteiger partial charge >= 0.3 is 40.2 Å². The van der Waals surface area contributed by atoms with Crippen LogP contribution in [0.25, 0.3) is 0 Å². The third-order valence-corrected chi connectivity index (χ3v) is 30.0. The lowest BCUT2D eigenvalue weighted by atomic mass is 10.1. The van der Waals surface area contributed by atoms with Crippen molar-refractivity contribution in [2.45, 2.75) is 181 Å². The van der Waals surface area contributed by atoms with E-state index in [1.807, 2.05) is 0 Å². The molecule has 0 aromatic carbocycles. The van der Waals surface area contributed by atoms with Gasteiger partial charge in [0.2, 0.25) is 0 Å². The van der Waals surface area contributed by atoms with Crippen LogP contribution < -0.4 is 0 Å². The van der Waals surface area contributed by atoms with Crippen molar-refractivity contribution in [3.63, 3.8) is 0 Å². The number of esters is 1. The van der Waals surface area contributed by atoms with Crippen LogP contribution in [-0.2, 0) is 34.8 Å². The Hall–Kier alpha value is 0.531. The van der Waals surface area contributed by atoms with Crippen molar-refractivity contribution < 1.29 is 34.8 Å². The van der Waals surface area contributed by atoms with Gasteiger partial charge in [0.1, 0.15) is 0 Å². The topological polar surface area (TPSA) is 81.7 Å². The molecule has 0 amide bonds. The third-order valence-electron chi connectivity index (χ3n) is 7.46. The fourth-order valence-electron chi connectivity index (χ4n) is 6.33. The second kappa shape index (κ2) is 21.7. The van der Waals surface area contributed by atoms with Gasteiger partial charge in [0.25, 0.3) is 0 Å². The summed E-state index contributed by atoms with van der Waals surface area (Å²) in [6, 6.07) is 0.737. The number of carbonyl (C=O) groups is 1. The average molecular weight is 757 g/mol. The van der Waals surface area contributed by atoms with E-state index >= 15 is 0 Å². The highest BCUT2D eigenvalue weighted by molar-refractivity contribution is 6.92. The Morgan fingerprint density at radius 3 is 1.50 bits per heavy atom. The monoisotopic (exact) mass is 756 g/mol. The first-order valence-electron chi connectivity index (χ1n) is 18.2. The molecule has 0 spiro atoms. The number of hydrogen-bond acceptors (Lipinski definition) is 8. The highest BCUT2D eigenvalue weighted by Crippen LogP contribution is 2.39. The van der Waals surface area contributed by atoms with Crippen LogP contribution in [0.15, 0.2) is 0 Å². The normalized spacial score (nSPS) is 16.6. The van der Waals surface area contributed by atoms with Crippen molar-refractivity contribution in [2.24, 2.45) is 0 Å². The first kappa shape index (κ1) is 46.5. The molecule has 0 N–H and O–H groups in total. The lowest BCUT2D eigenvalue weighted by Gasteiger charge is -2.47. The molecule has 276 valence electrons. The molecule has 14 heteroatoms. The molecule has 0 fully saturated rings. The van der Waals surface area contributed by atoms with Gasteiger partial charge in [0, 0.05) is 13.2 Å². The standard InChI is InChI=1S/C32H76O8Si6/c1-16-18-20-21-22-23-24-27-31(32(33)34-3)46(15,39-44(12,13)37-42(7,8)9)40-45(14,30-26-29-35-28-25-19-17-2)38-43(10,11)36-41(4,5)6/h31H,16-30H2,1-15H3. The number of hydrogen-bond donors (Lipinski definition) is 0. The summed E-state index contributed by atoms with van der Waals surface area (Å²) in [4.78, 5) is 13.7. The zero-order chi connectivity index (χ0) is 35.7. The number of methoxy groups -OCH3 is 1. The quantitative estimate of drug-likeness (QED) is 0.0443. The summed E-state index contributed by atoms with van der Waals surface area (Å²) in [5, 5.41) is 0. The molecule has 0 aliphatic rings. The SMILES string of the molecule is CCCCCCCCCC(C(=O)OC)[Si](C)(O[Si](C)(C)O[Si](C)(C)C)O[Si](C)(CCCOCCCCC)O[Si](C)(C)O[Si](C)(C)C.